The molecule has 138 valence electrons. The summed E-state index contributed by atoms with van der Waals surface area (Å²) in [4.78, 5) is 25.4. The summed E-state index contributed by atoms with van der Waals surface area (Å²) >= 11 is 0. The molecular weight excluding hydrogens is 352 g/mol. The highest BCUT2D eigenvalue weighted by atomic mass is 16.5. The largest absolute Gasteiger partial charge is 0.425 e. The van der Waals surface area contributed by atoms with Crippen molar-refractivity contribution >= 4 is 16.9 Å². The molecule has 28 heavy (non-hydrogen) atoms. The SMILES string of the molecule is CC(C(=O)Oc1cc(=O)oc2ccccc12)(c1ccccc1)c1ccccc1. The molecular formula is C24H18O4. The van der Waals surface area contributed by atoms with E-state index in [4.69, 9.17) is 9.15 Å². The minimum absolute atomic E-state index is 0.190. The molecule has 0 fully saturated rings. The van der Waals surface area contributed by atoms with E-state index in [1.54, 1.807) is 24.3 Å². The molecule has 0 saturated heterocycles. The summed E-state index contributed by atoms with van der Waals surface area (Å²) in [6.07, 6.45) is 0. The Balaban J connectivity index is 1.83. The minimum Gasteiger partial charge on any atom is -0.425 e. The Kier molecular flexibility index (Phi) is 4.53. The van der Waals surface area contributed by atoms with Gasteiger partial charge in [-0.1, -0.05) is 72.8 Å². The van der Waals surface area contributed by atoms with Crippen LogP contribution in [0.5, 0.6) is 5.75 Å². The van der Waals surface area contributed by atoms with Crippen molar-refractivity contribution < 1.29 is 13.9 Å². The molecule has 4 heteroatoms. The molecule has 1 heterocycles. The average Bonchev–Trinajstić information content (AvgIpc) is 2.74. The van der Waals surface area contributed by atoms with Gasteiger partial charge in [0, 0.05) is 0 Å². The first kappa shape index (κ1) is 17.7. The van der Waals surface area contributed by atoms with Gasteiger partial charge < -0.3 is 9.15 Å². The topological polar surface area (TPSA) is 56.5 Å². The fourth-order valence-electron chi connectivity index (χ4n) is 3.31. The van der Waals surface area contributed by atoms with Crippen LogP contribution in [0.25, 0.3) is 11.0 Å². The maximum absolute atomic E-state index is 13.4. The van der Waals surface area contributed by atoms with Crippen molar-refractivity contribution in [3.05, 3.63) is 113 Å². The summed E-state index contributed by atoms with van der Waals surface area (Å²) < 4.78 is 11.0. The van der Waals surface area contributed by atoms with E-state index in [-0.39, 0.29) is 5.75 Å². The fraction of sp³-hybridized carbons (Fsp3) is 0.0833. The van der Waals surface area contributed by atoms with Crippen molar-refractivity contribution in [1.29, 1.82) is 0 Å². The van der Waals surface area contributed by atoms with Gasteiger partial charge in [0.15, 0.2) is 0 Å². The predicted octanol–water partition coefficient (Wildman–Crippen LogP) is 4.70. The molecule has 0 unspecified atom stereocenters. The molecule has 0 aliphatic carbocycles. The van der Waals surface area contributed by atoms with Gasteiger partial charge in [-0.15, -0.1) is 0 Å². The lowest BCUT2D eigenvalue weighted by Crippen LogP contribution is -2.37. The van der Waals surface area contributed by atoms with Crippen molar-refractivity contribution in [3.63, 3.8) is 0 Å². The second-order valence-corrected chi connectivity index (χ2v) is 6.67. The summed E-state index contributed by atoms with van der Waals surface area (Å²) in [5.74, 6) is -0.282. The number of ether oxygens (including phenoxy) is 1. The quantitative estimate of drug-likeness (QED) is 0.386. The summed E-state index contributed by atoms with van der Waals surface area (Å²) in [6, 6.07) is 27.1. The Morgan fingerprint density at radius 3 is 1.96 bits per heavy atom. The van der Waals surface area contributed by atoms with E-state index in [0.717, 1.165) is 11.1 Å². The van der Waals surface area contributed by atoms with Gasteiger partial charge in [-0.2, -0.15) is 0 Å². The second kappa shape index (κ2) is 7.16. The van der Waals surface area contributed by atoms with Gasteiger partial charge in [0.2, 0.25) is 0 Å². The van der Waals surface area contributed by atoms with Crippen LogP contribution in [0.4, 0.5) is 0 Å². The Bertz CT molecular complexity index is 1140. The summed E-state index contributed by atoms with van der Waals surface area (Å²) in [5, 5.41) is 0.568. The number of hydrogen-bond acceptors (Lipinski definition) is 4. The van der Waals surface area contributed by atoms with Gasteiger partial charge in [-0.05, 0) is 30.2 Å². The van der Waals surface area contributed by atoms with Crippen molar-refractivity contribution in [2.24, 2.45) is 0 Å². The molecule has 0 saturated carbocycles. The predicted molar refractivity (Wildman–Crippen MR) is 107 cm³/mol. The summed E-state index contributed by atoms with van der Waals surface area (Å²) in [7, 11) is 0. The lowest BCUT2D eigenvalue weighted by atomic mass is 9.76. The van der Waals surface area contributed by atoms with Crippen LogP contribution in [-0.2, 0) is 10.2 Å². The van der Waals surface area contributed by atoms with Crippen LogP contribution in [0, 0.1) is 0 Å². The van der Waals surface area contributed by atoms with E-state index in [1.165, 1.54) is 6.07 Å². The zero-order chi connectivity index (χ0) is 19.6. The zero-order valence-corrected chi connectivity index (χ0v) is 15.3. The molecule has 0 spiro atoms. The Morgan fingerprint density at radius 2 is 1.36 bits per heavy atom. The first-order valence-corrected chi connectivity index (χ1v) is 8.95. The maximum Gasteiger partial charge on any atom is 0.339 e. The Labute approximate surface area is 162 Å². The highest BCUT2D eigenvalue weighted by Gasteiger charge is 2.39. The van der Waals surface area contributed by atoms with Crippen molar-refractivity contribution in [3.8, 4) is 5.75 Å². The third kappa shape index (κ3) is 3.09. The highest BCUT2D eigenvalue weighted by Crippen LogP contribution is 2.35. The normalized spacial score (nSPS) is 11.3. The third-order valence-corrected chi connectivity index (χ3v) is 4.93. The van der Waals surface area contributed by atoms with Gasteiger partial charge in [-0.25, -0.2) is 4.79 Å². The lowest BCUT2D eigenvalue weighted by molar-refractivity contribution is -0.138. The van der Waals surface area contributed by atoms with Crippen molar-refractivity contribution in [1.82, 2.24) is 0 Å². The van der Waals surface area contributed by atoms with E-state index in [1.807, 2.05) is 67.6 Å². The number of carbonyl (C=O) groups is 1. The Morgan fingerprint density at radius 1 is 0.821 bits per heavy atom. The number of carbonyl (C=O) groups excluding carboxylic acids is 1. The molecule has 3 aromatic carbocycles. The standard InChI is InChI=1S/C24H18O4/c1-24(17-10-4-2-5-11-17,18-12-6-3-7-13-18)23(26)28-21-16-22(25)27-20-15-9-8-14-19(20)21/h2-16H,1H3. The monoisotopic (exact) mass is 370 g/mol. The molecule has 0 aliphatic heterocycles. The summed E-state index contributed by atoms with van der Waals surface area (Å²) in [6.45, 7) is 1.83. The molecule has 4 rings (SSSR count). The highest BCUT2D eigenvalue weighted by molar-refractivity contribution is 5.92. The molecule has 4 nitrogen and oxygen atoms in total. The first-order chi connectivity index (χ1) is 13.6. The van der Waals surface area contributed by atoms with Crippen molar-refractivity contribution in [2.75, 3.05) is 0 Å². The van der Waals surface area contributed by atoms with Crippen LogP contribution in [0.15, 0.2) is 100 Å². The lowest BCUT2D eigenvalue weighted by Gasteiger charge is -2.28. The van der Waals surface area contributed by atoms with E-state index in [9.17, 15) is 9.59 Å². The zero-order valence-electron chi connectivity index (χ0n) is 15.3. The number of esters is 1. The van der Waals surface area contributed by atoms with Crippen LogP contribution in [0.3, 0.4) is 0 Å². The van der Waals surface area contributed by atoms with E-state index >= 15 is 0 Å². The van der Waals surface area contributed by atoms with Crippen LogP contribution < -0.4 is 10.4 Å². The molecule has 0 atom stereocenters. The van der Waals surface area contributed by atoms with E-state index in [0.29, 0.717) is 11.0 Å². The van der Waals surface area contributed by atoms with Gasteiger partial charge in [0.05, 0.1) is 11.5 Å². The molecule has 4 aromatic rings. The number of hydrogen-bond donors (Lipinski definition) is 0. The van der Waals surface area contributed by atoms with Gasteiger partial charge in [-0.3, -0.25) is 4.79 Å². The van der Waals surface area contributed by atoms with Gasteiger partial charge in [0.1, 0.15) is 16.7 Å². The van der Waals surface area contributed by atoms with Crippen molar-refractivity contribution in [2.45, 2.75) is 12.3 Å². The van der Waals surface area contributed by atoms with E-state index in [2.05, 4.69) is 0 Å². The van der Waals surface area contributed by atoms with Gasteiger partial charge >= 0.3 is 11.6 Å². The maximum atomic E-state index is 13.4. The average molecular weight is 370 g/mol. The van der Waals surface area contributed by atoms with Gasteiger partial charge in [0.25, 0.3) is 0 Å². The van der Waals surface area contributed by atoms with E-state index < -0.39 is 17.0 Å². The van der Waals surface area contributed by atoms with Crippen LogP contribution >= 0.6 is 0 Å². The number of rotatable bonds is 4. The fourth-order valence-corrected chi connectivity index (χ4v) is 3.31. The second-order valence-electron chi connectivity index (χ2n) is 6.67. The van der Waals surface area contributed by atoms with Crippen LogP contribution in [-0.4, -0.2) is 5.97 Å². The summed E-state index contributed by atoms with van der Waals surface area (Å²) in [5.41, 5.74) is 0.373. The smallest absolute Gasteiger partial charge is 0.339 e. The minimum atomic E-state index is -1.04. The number of fused-ring (bicyclic) bond motifs is 1. The molecule has 1 aromatic heterocycles. The Hall–Kier alpha value is -3.66. The number of para-hydroxylation sites is 1. The van der Waals surface area contributed by atoms with Crippen LogP contribution in [0.2, 0.25) is 0 Å². The van der Waals surface area contributed by atoms with Crippen LogP contribution in [0.1, 0.15) is 18.1 Å². The first-order valence-electron chi connectivity index (χ1n) is 8.95. The molecule has 0 amide bonds. The molecule has 0 N–H and O–H groups in total. The third-order valence-electron chi connectivity index (χ3n) is 4.93. The molecule has 0 bridgehead atoms. The molecule has 0 radical (unpaired) electrons. The number of benzene rings is 3. The molecule has 0 aliphatic rings.